The van der Waals surface area contributed by atoms with E-state index >= 15 is 0 Å². The van der Waals surface area contributed by atoms with Crippen molar-refractivity contribution in [3.8, 4) is 0 Å². The van der Waals surface area contributed by atoms with E-state index in [4.69, 9.17) is 10.5 Å². The number of esters is 1. The van der Waals surface area contributed by atoms with Gasteiger partial charge in [0.05, 0.1) is 19.4 Å². The minimum atomic E-state index is -0.338. The number of anilines is 2. The van der Waals surface area contributed by atoms with Crippen molar-refractivity contribution in [2.24, 2.45) is 5.92 Å². The molecule has 0 amide bonds. The first-order chi connectivity index (χ1) is 8.63. The highest BCUT2D eigenvalue weighted by molar-refractivity contribution is 5.73. The van der Waals surface area contributed by atoms with Crippen molar-refractivity contribution < 1.29 is 9.53 Å². The number of carbonyl (C=O) groups is 1. The number of aromatic amines is 1. The Morgan fingerprint density at radius 1 is 1.56 bits per heavy atom. The number of nitrogens with zero attached hydrogens (tertiary/aromatic N) is 2. The second-order valence-electron chi connectivity index (χ2n) is 4.25. The monoisotopic (exact) mass is 252 g/mol. The molecule has 2 heterocycles. The zero-order valence-electron chi connectivity index (χ0n) is 10.2. The molecule has 2 rings (SSSR count). The molecule has 0 aliphatic carbocycles. The lowest BCUT2D eigenvalue weighted by Crippen LogP contribution is -2.38. The van der Waals surface area contributed by atoms with Gasteiger partial charge in [-0.05, 0) is 12.8 Å². The molecule has 98 valence electrons. The third-order valence-electron chi connectivity index (χ3n) is 3.20. The van der Waals surface area contributed by atoms with E-state index in [1.807, 2.05) is 4.90 Å². The van der Waals surface area contributed by atoms with Crippen molar-refractivity contribution in [1.82, 2.24) is 9.97 Å². The average Bonchev–Trinajstić information content (AvgIpc) is 2.41. The van der Waals surface area contributed by atoms with Crippen LogP contribution in [0.15, 0.2) is 11.1 Å². The van der Waals surface area contributed by atoms with Crippen molar-refractivity contribution in [3.05, 3.63) is 16.7 Å². The fourth-order valence-electron chi connectivity index (χ4n) is 2.15. The summed E-state index contributed by atoms with van der Waals surface area (Å²) >= 11 is 0. The van der Waals surface area contributed by atoms with Gasteiger partial charge in [0.1, 0.15) is 5.69 Å². The maximum Gasteiger partial charge on any atom is 0.308 e. The van der Waals surface area contributed by atoms with E-state index in [1.165, 1.54) is 13.4 Å². The number of nitrogen functional groups attached to an aromatic ring is 1. The van der Waals surface area contributed by atoms with Crippen LogP contribution in [0.3, 0.4) is 0 Å². The molecule has 1 aliphatic rings. The van der Waals surface area contributed by atoms with Crippen LogP contribution in [0, 0.1) is 5.92 Å². The maximum absolute atomic E-state index is 11.4. The largest absolute Gasteiger partial charge is 0.469 e. The van der Waals surface area contributed by atoms with Gasteiger partial charge in [0.15, 0.2) is 5.82 Å². The zero-order valence-corrected chi connectivity index (χ0v) is 10.2. The highest BCUT2D eigenvalue weighted by atomic mass is 16.5. The van der Waals surface area contributed by atoms with Crippen LogP contribution in [0.5, 0.6) is 0 Å². The first-order valence-corrected chi connectivity index (χ1v) is 5.79. The SMILES string of the molecule is COC(=O)C1CCN(c2nc[nH]c(=O)c2N)CC1. The minimum Gasteiger partial charge on any atom is -0.469 e. The molecule has 0 radical (unpaired) electrons. The molecule has 7 nitrogen and oxygen atoms in total. The minimum absolute atomic E-state index is 0.0746. The number of nitrogens with two attached hydrogens (primary N) is 1. The van der Waals surface area contributed by atoms with Crippen LogP contribution in [0.2, 0.25) is 0 Å². The predicted octanol–water partition coefficient (Wildman–Crippen LogP) is -0.258. The smallest absolute Gasteiger partial charge is 0.308 e. The van der Waals surface area contributed by atoms with Gasteiger partial charge in [0.25, 0.3) is 5.56 Å². The molecule has 0 aromatic carbocycles. The lowest BCUT2D eigenvalue weighted by molar-refractivity contribution is -0.146. The molecule has 1 aliphatic heterocycles. The fraction of sp³-hybridized carbons (Fsp3) is 0.545. The Balaban J connectivity index is 2.08. The lowest BCUT2D eigenvalue weighted by Gasteiger charge is -2.31. The molecule has 0 unspecified atom stereocenters. The zero-order chi connectivity index (χ0) is 13.1. The molecule has 1 fully saturated rings. The topological polar surface area (TPSA) is 101 Å². The molecule has 0 bridgehead atoms. The van der Waals surface area contributed by atoms with Crippen LogP contribution >= 0.6 is 0 Å². The number of hydrogen-bond acceptors (Lipinski definition) is 6. The Bertz CT molecular complexity index is 491. The number of rotatable bonds is 2. The lowest BCUT2D eigenvalue weighted by atomic mass is 9.97. The van der Waals surface area contributed by atoms with Crippen LogP contribution in [-0.2, 0) is 9.53 Å². The first-order valence-electron chi connectivity index (χ1n) is 5.79. The summed E-state index contributed by atoms with van der Waals surface area (Å²) in [5.74, 6) is 0.234. The Kier molecular flexibility index (Phi) is 3.50. The van der Waals surface area contributed by atoms with Gasteiger partial charge in [-0.1, -0.05) is 0 Å². The van der Waals surface area contributed by atoms with Crippen molar-refractivity contribution in [2.75, 3.05) is 30.8 Å². The molecule has 1 aromatic rings. The van der Waals surface area contributed by atoms with E-state index < -0.39 is 0 Å². The first kappa shape index (κ1) is 12.4. The molecule has 0 atom stereocenters. The molecule has 18 heavy (non-hydrogen) atoms. The van der Waals surface area contributed by atoms with Crippen LogP contribution in [0.4, 0.5) is 11.5 Å². The van der Waals surface area contributed by atoms with Gasteiger partial charge < -0.3 is 20.4 Å². The van der Waals surface area contributed by atoms with Gasteiger partial charge >= 0.3 is 5.97 Å². The fourth-order valence-corrected chi connectivity index (χ4v) is 2.15. The molecular weight excluding hydrogens is 236 g/mol. The van der Waals surface area contributed by atoms with Crippen LogP contribution < -0.4 is 16.2 Å². The Hall–Kier alpha value is -2.05. The molecule has 0 saturated carbocycles. The van der Waals surface area contributed by atoms with E-state index in [9.17, 15) is 9.59 Å². The quantitative estimate of drug-likeness (QED) is 0.703. The predicted molar refractivity (Wildman–Crippen MR) is 66.2 cm³/mol. The number of H-pyrrole nitrogens is 1. The number of carbonyl (C=O) groups excluding carboxylic acids is 1. The second-order valence-corrected chi connectivity index (χ2v) is 4.25. The number of aromatic nitrogens is 2. The molecule has 1 saturated heterocycles. The third-order valence-corrected chi connectivity index (χ3v) is 3.20. The van der Waals surface area contributed by atoms with Crippen molar-refractivity contribution in [1.29, 1.82) is 0 Å². The van der Waals surface area contributed by atoms with Crippen molar-refractivity contribution >= 4 is 17.5 Å². The van der Waals surface area contributed by atoms with Gasteiger partial charge in [-0.25, -0.2) is 4.98 Å². The van der Waals surface area contributed by atoms with Crippen molar-refractivity contribution in [3.63, 3.8) is 0 Å². The van der Waals surface area contributed by atoms with E-state index in [-0.39, 0.29) is 23.1 Å². The highest BCUT2D eigenvalue weighted by Crippen LogP contribution is 2.24. The van der Waals surface area contributed by atoms with Gasteiger partial charge in [0.2, 0.25) is 0 Å². The molecule has 0 spiro atoms. The standard InChI is InChI=1S/C11H16N4O3/c1-18-11(17)7-2-4-15(5-3-7)9-8(12)10(16)14-6-13-9/h6-7H,2-5,12H2,1H3,(H,13,14,16). The molecule has 7 heteroatoms. The van der Waals surface area contributed by atoms with E-state index in [2.05, 4.69) is 9.97 Å². The summed E-state index contributed by atoms with van der Waals surface area (Å²) in [4.78, 5) is 31.2. The van der Waals surface area contributed by atoms with Gasteiger partial charge in [0, 0.05) is 13.1 Å². The number of hydrogen-bond donors (Lipinski definition) is 2. The summed E-state index contributed by atoms with van der Waals surface area (Å²) in [7, 11) is 1.39. The Labute approximate surface area is 104 Å². The average molecular weight is 252 g/mol. The van der Waals surface area contributed by atoms with Crippen LogP contribution in [-0.4, -0.2) is 36.1 Å². The van der Waals surface area contributed by atoms with Crippen LogP contribution in [0.1, 0.15) is 12.8 Å². The summed E-state index contributed by atoms with van der Waals surface area (Å²) in [6.07, 6.45) is 2.70. The summed E-state index contributed by atoms with van der Waals surface area (Å²) in [6, 6.07) is 0. The van der Waals surface area contributed by atoms with Crippen LogP contribution in [0.25, 0.3) is 0 Å². The Morgan fingerprint density at radius 2 is 2.22 bits per heavy atom. The molecule has 1 aromatic heterocycles. The number of nitrogens with one attached hydrogen (secondary N) is 1. The van der Waals surface area contributed by atoms with Crippen molar-refractivity contribution in [2.45, 2.75) is 12.8 Å². The van der Waals surface area contributed by atoms with E-state index in [0.717, 1.165) is 0 Å². The summed E-state index contributed by atoms with van der Waals surface area (Å²) in [5.41, 5.74) is 5.48. The summed E-state index contributed by atoms with van der Waals surface area (Å²) in [5, 5.41) is 0. The summed E-state index contributed by atoms with van der Waals surface area (Å²) < 4.78 is 4.72. The summed E-state index contributed by atoms with van der Waals surface area (Å²) in [6.45, 7) is 1.28. The van der Waals surface area contributed by atoms with E-state index in [0.29, 0.717) is 31.7 Å². The normalized spacial score (nSPS) is 16.6. The van der Waals surface area contributed by atoms with Gasteiger partial charge in [-0.3, -0.25) is 9.59 Å². The second kappa shape index (κ2) is 5.07. The number of ether oxygens (including phenoxy) is 1. The van der Waals surface area contributed by atoms with E-state index in [1.54, 1.807) is 0 Å². The molecule has 3 N–H and O–H groups in total. The maximum atomic E-state index is 11.4. The van der Waals surface area contributed by atoms with Gasteiger partial charge in [-0.2, -0.15) is 0 Å². The third kappa shape index (κ3) is 2.29. The highest BCUT2D eigenvalue weighted by Gasteiger charge is 2.27. The Morgan fingerprint density at radius 3 is 2.83 bits per heavy atom. The number of methoxy groups -OCH3 is 1. The van der Waals surface area contributed by atoms with Gasteiger partial charge in [-0.15, -0.1) is 0 Å². The number of piperidine rings is 1. The molecular formula is C11H16N4O3.